The van der Waals surface area contributed by atoms with Crippen molar-refractivity contribution in [2.24, 2.45) is 0 Å². The molecule has 0 bridgehead atoms. The molecule has 7 aromatic rings. The Morgan fingerprint density at radius 3 is 1.92 bits per heavy atom. The first-order valence-electron chi connectivity index (χ1n) is 18.0. The third kappa shape index (κ3) is 5.85. The number of rotatable bonds is 10. The number of aliphatic hydroxyl groups excluding tert-OH is 1. The van der Waals surface area contributed by atoms with Gasteiger partial charge in [-0.2, -0.15) is 0 Å². The van der Waals surface area contributed by atoms with E-state index in [1.807, 2.05) is 39.6 Å². The molecule has 1 aliphatic rings. The number of nitrogens with zero attached hydrogens (tertiary/aromatic N) is 6. The summed E-state index contributed by atoms with van der Waals surface area (Å²) in [6.45, 7) is 2.61. The van der Waals surface area contributed by atoms with E-state index in [2.05, 4.69) is 121 Å². The summed E-state index contributed by atoms with van der Waals surface area (Å²) in [5.74, 6) is 1.54. The maximum absolute atomic E-state index is 13.2. The predicted octanol–water partition coefficient (Wildman–Crippen LogP) is 8.44. The molecule has 0 radical (unpaired) electrons. The van der Waals surface area contributed by atoms with Crippen molar-refractivity contribution in [3.63, 3.8) is 0 Å². The van der Waals surface area contributed by atoms with Crippen molar-refractivity contribution >= 4 is 5.78 Å². The van der Waals surface area contributed by atoms with E-state index in [0.717, 1.165) is 57.6 Å². The van der Waals surface area contributed by atoms with Gasteiger partial charge in [-0.1, -0.05) is 146 Å². The Balaban J connectivity index is 1.23. The number of aromatic nitrogens is 6. The van der Waals surface area contributed by atoms with Crippen LogP contribution in [-0.2, 0) is 18.5 Å². The second kappa shape index (κ2) is 14.3. The lowest BCUT2D eigenvalue weighted by atomic mass is 9.77. The quantitative estimate of drug-likeness (QED) is 0.115. The number of hydrogen-bond donors (Lipinski definition) is 1. The summed E-state index contributed by atoms with van der Waals surface area (Å²) in [6, 6.07) is 47.9. The zero-order valence-electron chi connectivity index (χ0n) is 29.1. The molecule has 8 rings (SSSR count). The largest absolute Gasteiger partial charge is 0.387 e. The summed E-state index contributed by atoms with van der Waals surface area (Å²) in [4.78, 5) is 18.0. The standard InChI is InChI=1S/C44H40N6O2/c1-2-15-40-45-41-38(51)24-14-25-39(52)42(41)49(40)30-31-26-28-32(29-27-31)36-22-12-13-23-37(36)43-46-47-48-50(43)44(33-16-6-3-7-17-33,34-18-8-4-9-19-34)35-20-10-5-11-21-35/h3-13,16-23,26-29,38,51H,2,14-15,24-25,30H2,1H3. The van der Waals surface area contributed by atoms with Gasteiger partial charge in [-0.25, -0.2) is 9.67 Å². The van der Waals surface area contributed by atoms with Crippen LogP contribution in [0.4, 0.5) is 0 Å². The van der Waals surface area contributed by atoms with Crippen LogP contribution in [-0.4, -0.2) is 40.6 Å². The van der Waals surface area contributed by atoms with E-state index in [0.29, 0.717) is 43.0 Å². The molecule has 5 aromatic carbocycles. The fourth-order valence-electron chi connectivity index (χ4n) is 7.73. The molecule has 2 heterocycles. The lowest BCUT2D eigenvalue weighted by molar-refractivity contribution is 0.0973. The molecule has 0 aliphatic heterocycles. The average molecular weight is 685 g/mol. The zero-order chi connectivity index (χ0) is 35.5. The van der Waals surface area contributed by atoms with Crippen LogP contribution in [0.1, 0.15) is 83.0 Å². The molecule has 258 valence electrons. The van der Waals surface area contributed by atoms with E-state index in [9.17, 15) is 9.90 Å². The van der Waals surface area contributed by atoms with E-state index < -0.39 is 11.6 Å². The minimum Gasteiger partial charge on any atom is -0.387 e. The number of carbonyl (C=O) groups is 1. The highest BCUT2D eigenvalue weighted by Gasteiger charge is 2.42. The Hall–Kier alpha value is -5.99. The number of imidazole rings is 1. The third-order valence-corrected chi connectivity index (χ3v) is 10.1. The van der Waals surface area contributed by atoms with E-state index in [4.69, 9.17) is 15.3 Å². The lowest BCUT2D eigenvalue weighted by Gasteiger charge is -2.36. The molecule has 8 heteroatoms. The van der Waals surface area contributed by atoms with Gasteiger partial charge in [0.1, 0.15) is 17.1 Å². The first-order valence-corrected chi connectivity index (χ1v) is 18.0. The van der Waals surface area contributed by atoms with E-state index >= 15 is 0 Å². The highest BCUT2D eigenvalue weighted by molar-refractivity contribution is 5.96. The summed E-state index contributed by atoms with van der Waals surface area (Å²) >= 11 is 0. The highest BCUT2D eigenvalue weighted by atomic mass is 16.3. The second-order valence-electron chi connectivity index (χ2n) is 13.4. The van der Waals surface area contributed by atoms with Crippen LogP contribution in [0.15, 0.2) is 140 Å². The predicted molar refractivity (Wildman–Crippen MR) is 202 cm³/mol. The number of aryl methyl sites for hydroxylation is 1. The van der Waals surface area contributed by atoms with Crippen LogP contribution in [0.3, 0.4) is 0 Å². The molecule has 0 spiro atoms. The number of hydrogen-bond acceptors (Lipinski definition) is 6. The molecule has 0 fully saturated rings. The van der Waals surface area contributed by atoms with E-state index in [1.165, 1.54) is 0 Å². The Morgan fingerprint density at radius 1 is 0.750 bits per heavy atom. The summed E-state index contributed by atoms with van der Waals surface area (Å²) in [5.41, 5.74) is 7.29. The van der Waals surface area contributed by atoms with Crippen molar-refractivity contribution < 1.29 is 9.90 Å². The van der Waals surface area contributed by atoms with Crippen molar-refractivity contribution in [3.8, 4) is 22.5 Å². The van der Waals surface area contributed by atoms with Gasteiger partial charge in [0.25, 0.3) is 0 Å². The number of ketones is 1. The van der Waals surface area contributed by atoms with Crippen molar-refractivity contribution in [1.29, 1.82) is 0 Å². The Bertz CT molecular complexity index is 2200. The molecule has 1 atom stereocenters. The summed E-state index contributed by atoms with van der Waals surface area (Å²) in [5, 5.41) is 24.6. The number of aliphatic hydroxyl groups is 1. The zero-order valence-corrected chi connectivity index (χ0v) is 29.1. The maximum atomic E-state index is 13.2. The molecule has 8 nitrogen and oxygen atoms in total. The lowest BCUT2D eigenvalue weighted by Crippen LogP contribution is -2.39. The molecule has 0 saturated carbocycles. The Kier molecular flexibility index (Phi) is 9.14. The van der Waals surface area contributed by atoms with Crippen LogP contribution in [0.2, 0.25) is 0 Å². The SMILES string of the molecule is CCCc1nc2c(n1Cc1ccc(-c3ccccc3-c3nnnn3C(c3ccccc3)(c3ccccc3)c3ccccc3)cc1)C(=O)CCCC2O. The minimum absolute atomic E-state index is 0.0576. The van der Waals surface area contributed by atoms with Crippen molar-refractivity contribution in [1.82, 2.24) is 29.8 Å². The van der Waals surface area contributed by atoms with Crippen LogP contribution in [0.5, 0.6) is 0 Å². The molecular formula is C44H40N6O2. The highest BCUT2D eigenvalue weighted by Crippen LogP contribution is 2.43. The van der Waals surface area contributed by atoms with Gasteiger partial charge in [-0.15, -0.1) is 5.10 Å². The molecule has 0 saturated heterocycles. The van der Waals surface area contributed by atoms with Gasteiger partial charge in [-0.05, 0) is 63.1 Å². The fourth-order valence-corrected chi connectivity index (χ4v) is 7.73. The summed E-state index contributed by atoms with van der Waals surface area (Å²) < 4.78 is 3.99. The van der Waals surface area contributed by atoms with Gasteiger partial charge in [0.05, 0.1) is 11.8 Å². The number of fused-ring (bicyclic) bond motifs is 1. The van der Waals surface area contributed by atoms with Gasteiger partial charge in [0, 0.05) is 24.9 Å². The van der Waals surface area contributed by atoms with Gasteiger partial charge in [0.2, 0.25) is 0 Å². The Labute approximate surface area is 303 Å². The van der Waals surface area contributed by atoms with Gasteiger partial charge >= 0.3 is 0 Å². The second-order valence-corrected chi connectivity index (χ2v) is 13.4. The monoisotopic (exact) mass is 684 g/mol. The first kappa shape index (κ1) is 33.2. The fraction of sp³-hybridized carbons (Fsp3) is 0.205. The van der Waals surface area contributed by atoms with Gasteiger partial charge in [0.15, 0.2) is 11.6 Å². The molecule has 1 N–H and O–H groups in total. The molecular weight excluding hydrogens is 645 g/mol. The smallest absolute Gasteiger partial charge is 0.184 e. The molecule has 52 heavy (non-hydrogen) atoms. The van der Waals surface area contributed by atoms with Gasteiger partial charge < -0.3 is 9.67 Å². The number of carbonyl (C=O) groups excluding carboxylic acids is 1. The molecule has 1 aliphatic carbocycles. The minimum atomic E-state index is -0.871. The van der Waals surface area contributed by atoms with E-state index in [1.54, 1.807) is 0 Å². The van der Waals surface area contributed by atoms with Crippen molar-refractivity contribution in [2.75, 3.05) is 0 Å². The van der Waals surface area contributed by atoms with Gasteiger partial charge in [-0.3, -0.25) is 4.79 Å². The molecule has 0 amide bonds. The average Bonchev–Trinajstić information content (AvgIpc) is 3.79. The topological polar surface area (TPSA) is 98.7 Å². The number of benzene rings is 5. The van der Waals surface area contributed by atoms with Crippen LogP contribution < -0.4 is 0 Å². The van der Waals surface area contributed by atoms with Crippen LogP contribution in [0, 0.1) is 0 Å². The number of Topliss-reactive ketones (excluding diaryl/α,β-unsaturated/α-hetero) is 1. The first-order chi connectivity index (χ1) is 25.6. The summed E-state index contributed by atoms with van der Waals surface area (Å²) in [6.07, 6.45) is 2.58. The number of tetrazole rings is 1. The van der Waals surface area contributed by atoms with Crippen LogP contribution in [0.25, 0.3) is 22.5 Å². The normalized spacial score (nSPS) is 14.6. The Morgan fingerprint density at radius 2 is 1.33 bits per heavy atom. The third-order valence-electron chi connectivity index (χ3n) is 10.1. The van der Waals surface area contributed by atoms with Crippen molar-refractivity contribution in [3.05, 3.63) is 179 Å². The van der Waals surface area contributed by atoms with Crippen LogP contribution >= 0.6 is 0 Å². The van der Waals surface area contributed by atoms with Crippen molar-refractivity contribution in [2.45, 2.75) is 57.2 Å². The maximum Gasteiger partial charge on any atom is 0.184 e. The van der Waals surface area contributed by atoms with E-state index in [-0.39, 0.29) is 5.78 Å². The summed E-state index contributed by atoms with van der Waals surface area (Å²) in [7, 11) is 0. The molecule has 1 unspecified atom stereocenters. The molecule has 2 aromatic heterocycles.